The number of nitrogens with zero attached hydrogens (tertiary/aromatic N) is 2. The van der Waals surface area contributed by atoms with E-state index in [1.165, 1.54) is 0 Å². The molecule has 7 heteroatoms. The number of carboxylic acids is 1. The number of nitrogens with one attached hydrogen (secondary N) is 1. The van der Waals surface area contributed by atoms with Gasteiger partial charge < -0.3 is 14.9 Å². The first-order chi connectivity index (χ1) is 7.54. The highest BCUT2D eigenvalue weighted by molar-refractivity contribution is 5.93. The molecule has 16 heavy (non-hydrogen) atoms. The number of carbonyl (C=O) groups is 2. The van der Waals surface area contributed by atoms with Gasteiger partial charge in [-0.2, -0.15) is 4.98 Å². The topological polar surface area (TPSA) is 105 Å². The van der Waals surface area contributed by atoms with Crippen LogP contribution in [0.3, 0.4) is 0 Å². The number of amides is 1. The largest absolute Gasteiger partial charge is 0.480 e. The monoisotopic (exact) mass is 227 g/mol. The molecular formula is C9H13N3O4. The summed E-state index contributed by atoms with van der Waals surface area (Å²) in [5.74, 6) is -1.61. The maximum Gasteiger partial charge on any atom is 0.326 e. The molecule has 0 aliphatic heterocycles. The van der Waals surface area contributed by atoms with Gasteiger partial charge in [-0.15, -0.1) is 0 Å². The summed E-state index contributed by atoms with van der Waals surface area (Å²) < 4.78 is 4.62. The smallest absolute Gasteiger partial charge is 0.326 e. The zero-order valence-corrected chi connectivity index (χ0v) is 9.06. The Hall–Kier alpha value is -1.92. The Balaban J connectivity index is 2.65. The van der Waals surface area contributed by atoms with E-state index in [1.54, 1.807) is 6.92 Å². The highest BCUT2D eigenvalue weighted by atomic mass is 16.5. The third-order valence-corrected chi connectivity index (χ3v) is 1.91. The summed E-state index contributed by atoms with van der Waals surface area (Å²) in [6.45, 7) is 3.38. The van der Waals surface area contributed by atoms with E-state index in [4.69, 9.17) is 5.11 Å². The Bertz CT molecular complexity index is 388. The van der Waals surface area contributed by atoms with Crippen LogP contribution in [0.5, 0.6) is 0 Å². The highest BCUT2D eigenvalue weighted by Gasteiger charge is 2.22. The molecule has 7 nitrogen and oxygen atoms in total. The van der Waals surface area contributed by atoms with Crippen LogP contribution in [0.25, 0.3) is 0 Å². The Labute approximate surface area is 91.8 Å². The predicted molar refractivity (Wildman–Crippen MR) is 52.8 cm³/mol. The lowest BCUT2D eigenvalue weighted by Crippen LogP contribution is -2.41. The molecule has 0 aromatic carbocycles. The van der Waals surface area contributed by atoms with E-state index in [-0.39, 0.29) is 11.7 Å². The molecule has 0 saturated carbocycles. The van der Waals surface area contributed by atoms with Crippen LogP contribution in [-0.4, -0.2) is 33.2 Å². The van der Waals surface area contributed by atoms with Crippen molar-refractivity contribution in [3.63, 3.8) is 0 Å². The number of carbonyl (C=O) groups excluding carboxylic acids is 1. The zero-order valence-electron chi connectivity index (χ0n) is 9.06. The number of hydrogen-bond acceptors (Lipinski definition) is 5. The molecule has 2 N–H and O–H groups in total. The second-order valence-corrected chi connectivity index (χ2v) is 3.29. The molecule has 0 radical (unpaired) electrons. The minimum atomic E-state index is -1.07. The molecule has 0 aliphatic rings. The van der Waals surface area contributed by atoms with Gasteiger partial charge in [0, 0.05) is 6.92 Å². The van der Waals surface area contributed by atoms with Crippen molar-refractivity contribution >= 4 is 11.9 Å². The molecule has 0 fully saturated rings. The maximum atomic E-state index is 11.5. The molecular weight excluding hydrogens is 214 g/mol. The molecule has 1 aromatic rings. The van der Waals surface area contributed by atoms with Crippen LogP contribution >= 0.6 is 0 Å². The Morgan fingerprint density at radius 1 is 1.56 bits per heavy atom. The second-order valence-electron chi connectivity index (χ2n) is 3.29. The van der Waals surface area contributed by atoms with E-state index in [9.17, 15) is 9.59 Å². The number of rotatable bonds is 5. The summed E-state index contributed by atoms with van der Waals surface area (Å²) in [6.07, 6.45) is 1.01. The summed E-state index contributed by atoms with van der Waals surface area (Å²) >= 11 is 0. The van der Waals surface area contributed by atoms with Crippen LogP contribution in [0.2, 0.25) is 0 Å². The van der Waals surface area contributed by atoms with Crippen molar-refractivity contribution in [2.24, 2.45) is 0 Å². The van der Waals surface area contributed by atoms with Crippen molar-refractivity contribution in [1.29, 1.82) is 0 Å². The van der Waals surface area contributed by atoms with Crippen LogP contribution in [0.1, 0.15) is 36.3 Å². The Kier molecular flexibility index (Phi) is 3.98. The van der Waals surface area contributed by atoms with Crippen molar-refractivity contribution in [1.82, 2.24) is 15.5 Å². The van der Waals surface area contributed by atoms with E-state index in [2.05, 4.69) is 20.0 Å². The normalized spacial score (nSPS) is 12.1. The number of aryl methyl sites for hydroxylation is 1. The summed E-state index contributed by atoms with van der Waals surface area (Å²) in [5.41, 5.74) is 0. The molecule has 0 unspecified atom stereocenters. The highest BCUT2D eigenvalue weighted by Crippen LogP contribution is 2.00. The van der Waals surface area contributed by atoms with Gasteiger partial charge >= 0.3 is 5.97 Å². The van der Waals surface area contributed by atoms with Crippen molar-refractivity contribution in [2.75, 3.05) is 0 Å². The van der Waals surface area contributed by atoms with E-state index in [0.29, 0.717) is 12.8 Å². The van der Waals surface area contributed by atoms with Crippen molar-refractivity contribution < 1.29 is 19.2 Å². The summed E-state index contributed by atoms with van der Waals surface area (Å²) in [6, 6.07) is -0.920. The quantitative estimate of drug-likeness (QED) is 0.752. The van der Waals surface area contributed by atoms with E-state index < -0.39 is 17.9 Å². The first-order valence-electron chi connectivity index (χ1n) is 4.88. The minimum Gasteiger partial charge on any atom is -0.480 e. The molecule has 0 bridgehead atoms. The third kappa shape index (κ3) is 3.04. The molecule has 1 amide bonds. The zero-order chi connectivity index (χ0) is 12.1. The fourth-order valence-corrected chi connectivity index (χ4v) is 1.16. The lowest BCUT2D eigenvalue weighted by Gasteiger charge is -2.11. The fraction of sp³-hybridized carbons (Fsp3) is 0.556. The molecule has 1 heterocycles. The first-order valence-corrected chi connectivity index (χ1v) is 4.88. The SMILES string of the molecule is CCC[C@H](NC(=O)c1noc(C)n1)C(=O)O. The molecule has 0 spiro atoms. The summed E-state index contributed by atoms with van der Waals surface area (Å²) in [4.78, 5) is 26.0. The second kappa shape index (κ2) is 5.24. The van der Waals surface area contributed by atoms with Crippen LogP contribution in [0.15, 0.2) is 4.52 Å². The van der Waals surface area contributed by atoms with E-state index >= 15 is 0 Å². The van der Waals surface area contributed by atoms with Gasteiger partial charge in [0.05, 0.1) is 0 Å². The van der Waals surface area contributed by atoms with E-state index in [1.807, 2.05) is 6.92 Å². The van der Waals surface area contributed by atoms with Crippen molar-refractivity contribution in [3.8, 4) is 0 Å². The van der Waals surface area contributed by atoms with Crippen LogP contribution in [0, 0.1) is 6.92 Å². The summed E-state index contributed by atoms with van der Waals surface area (Å²) in [7, 11) is 0. The third-order valence-electron chi connectivity index (χ3n) is 1.91. The average molecular weight is 227 g/mol. The van der Waals surface area contributed by atoms with Gasteiger partial charge in [-0.3, -0.25) is 4.79 Å². The molecule has 0 aliphatic carbocycles. The van der Waals surface area contributed by atoms with Gasteiger partial charge in [-0.05, 0) is 6.42 Å². The van der Waals surface area contributed by atoms with Crippen molar-refractivity contribution in [2.45, 2.75) is 32.7 Å². The first kappa shape index (κ1) is 12.2. The molecule has 1 atom stereocenters. The number of aromatic nitrogens is 2. The molecule has 0 saturated heterocycles. The predicted octanol–water partition coefficient (Wildman–Crippen LogP) is 0.361. The van der Waals surface area contributed by atoms with Gasteiger partial charge in [0.15, 0.2) is 0 Å². The van der Waals surface area contributed by atoms with E-state index in [0.717, 1.165) is 0 Å². The number of aliphatic carboxylic acids is 1. The van der Waals surface area contributed by atoms with Gasteiger partial charge in [0.1, 0.15) is 6.04 Å². The Morgan fingerprint density at radius 3 is 2.69 bits per heavy atom. The molecule has 88 valence electrons. The molecule has 1 aromatic heterocycles. The van der Waals surface area contributed by atoms with Crippen molar-refractivity contribution in [3.05, 3.63) is 11.7 Å². The summed E-state index contributed by atoms with van der Waals surface area (Å²) in [5, 5.41) is 14.5. The Morgan fingerprint density at radius 2 is 2.25 bits per heavy atom. The number of hydrogen-bond donors (Lipinski definition) is 2. The van der Waals surface area contributed by atoms with Gasteiger partial charge in [-0.25, -0.2) is 4.79 Å². The van der Waals surface area contributed by atoms with Crippen LogP contribution < -0.4 is 5.32 Å². The lowest BCUT2D eigenvalue weighted by atomic mass is 10.1. The van der Waals surface area contributed by atoms with Crippen LogP contribution in [-0.2, 0) is 4.79 Å². The number of carboxylic acid groups (broad SMARTS) is 1. The lowest BCUT2D eigenvalue weighted by molar-refractivity contribution is -0.139. The average Bonchev–Trinajstić information content (AvgIpc) is 2.64. The van der Waals surface area contributed by atoms with Gasteiger partial charge in [0.25, 0.3) is 11.7 Å². The minimum absolute atomic E-state index is 0.153. The molecule has 1 rings (SSSR count). The maximum absolute atomic E-state index is 11.5. The standard InChI is InChI=1S/C9H13N3O4/c1-3-4-6(9(14)15)11-8(13)7-10-5(2)16-12-7/h6H,3-4H2,1-2H3,(H,11,13)(H,14,15)/t6-/m0/s1. The van der Waals surface area contributed by atoms with Gasteiger partial charge in [-0.1, -0.05) is 18.5 Å². The van der Waals surface area contributed by atoms with Crippen LogP contribution in [0.4, 0.5) is 0 Å². The van der Waals surface area contributed by atoms with Gasteiger partial charge in [0.2, 0.25) is 5.89 Å². The fourth-order valence-electron chi connectivity index (χ4n) is 1.16.